The summed E-state index contributed by atoms with van der Waals surface area (Å²) in [5.41, 5.74) is 1.96. The molecule has 0 unspecified atom stereocenters. The molecule has 1 saturated heterocycles. The van der Waals surface area contributed by atoms with Crippen LogP contribution in [0.3, 0.4) is 0 Å². The smallest absolute Gasteiger partial charge is 0.124 e. The first-order valence-electron chi connectivity index (χ1n) is 7.81. The molecule has 0 radical (unpaired) electrons. The molecule has 0 amide bonds. The van der Waals surface area contributed by atoms with Crippen molar-refractivity contribution < 1.29 is 9.13 Å². The van der Waals surface area contributed by atoms with E-state index in [2.05, 4.69) is 10.4 Å². The molecule has 1 aliphatic rings. The first-order valence-corrected chi connectivity index (χ1v) is 7.81. The van der Waals surface area contributed by atoms with Gasteiger partial charge in [-0.1, -0.05) is 0 Å². The van der Waals surface area contributed by atoms with Gasteiger partial charge in [-0.25, -0.2) is 4.39 Å². The van der Waals surface area contributed by atoms with Gasteiger partial charge in [0.2, 0.25) is 0 Å². The molecule has 1 N–H and O–H groups in total. The van der Waals surface area contributed by atoms with Crippen molar-refractivity contribution >= 4 is 5.69 Å². The van der Waals surface area contributed by atoms with E-state index >= 15 is 0 Å². The van der Waals surface area contributed by atoms with Gasteiger partial charge in [0, 0.05) is 24.9 Å². The molecule has 6 heteroatoms. The van der Waals surface area contributed by atoms with Crippen LogP contribution in [0.4, 0.5) is 10.1 Å². The monoisotopic (exact) mass is 314 g/mol. The van der Waals surface area contributed by atoms with Crippen molar-refractivity contribution in [3.05, 3.63) is 47.5 Å². The van der Waals surface area contributed by atoms with Crippen LogP contribution in [0.2, 0.25) is 0 Å². The quantitative estimate of drug-likeness (QED) is 0.941. The van der Waals surface area contributed by atoms with E-state index in [0.29, 0.717) is 17.9 Å². The summed E-state index contributed by atoms with van der Waals surface area (Å²) in [4.78, 5) is 0. The van der Waals surface area contributed by atoms with Gasteiger partial charge in [0.05, 0.1) is 23.5 Å². The number of anilines is 1. The maximum Gasteiger partial charge on any atom is 0.124 e. The van der Waals surface area contributed by atoms with Gasteiger partial charge in [0.25, 0.3) is 0 Å². The van der Waals surface area contributed by atoms with Gasteiger partial charge >= 0.3 is 0 Å². The van der Waals surface area contributed by atoms with Gasteiger partial charge in [-0.3, -0.25) is 4.68 Å². The highest BCUT2D eigenvalue weighted by molar-refractivity contribution is 5.58. The van der Waals surface area contributed by atoms with E-state index in [9.17, 15) is 9.65 Å². The van der Waals surface area contributed by atoms with E-state index < -0.39 is 5.82 Å². The van der Waals surface area contributed by atoms with Crippen LogP contribution in [0.5, 0.6) is 0 Å². The van der Waals surface area contributed by atoms with Crippen LogP contribution in [0.1, 0.15) is 37.0 Å². The third kappa shape index (κ3) is 3.35. The van der Waals surface area contributed by atoms with Crippen molar-refractivity contribution in [3.63, 3.8) is 0 Å². The van der Waals surface area contributed by atoms with Crippen molar-refractivity contribution in [1.82, 2.24) is 9.78 Å². The largest absolute Gasteiger partial charge is 0.378 e. The zero-order valence-electron chi connectivity index (χ0n) is 13.0. The Balaban J connectivity index is 1.83. The summed E-state index contributed by atoms with van der Waals surface area (Å²) < 4.78 is 21.1. The Morgan fingerprint density at radius 3 is 3.13 bits per heavy atom. The SMILES string of the molecule is CCn1cc([C@H]2OCCC[C@@H]2Nc2ccc(F)cc2C#N)cn1. The van der Waals surface area contributed by atoms with Crippen molar-refractivity contribution in [2.75, 3.05) is 11.9 Å². The number of nitrogens with one attached hydrogen (secondary N) is 1. The lowest BCUT2D eigenvalue weighted by Crippen LogP contribution is -2.33. The summed E-state index contributed by atoms with van der Waals surface area (Å²) in [6.07, 6.45) is 5.55. The summed E-state index contributed by atoms with van der Waals surface area (Å²) in [6.45, 7) is 3.54. The molecule has 1 fully saturated rings. The predicted molar refractivity (Wildman–Crippen MR) is 84.4 cm³/mol. The van der Waals surface area contributed by atoms with Gasteiger partial charge in [0.1, 0.15) is 18.0 Å². The lowest BCUT2D eigenvalue weighted by Gasteiger charge is -2.32. The number of hydrogen-bond acceptors (Lipinski definition) is 4. The molecule has 2 aromatic rings. The number of aryl methyl sites for hydroxylation is 1. The molecular weight excluding hydrogens is 295 g/mol. The van der Waals surface area contributed by atoms with Crippen LogP contribution in [0, 0.1) is 17.1 Å². The fraction of sp³-hybridized carbons (Fsp3) is 0.412. The second-order valence-corrected chi connectivity index (χ2v) is 5.62. The Morgan fingerprint density at radius 2 is 2.39 bits per heavy atom. The molecule has 0 spiro atoms. The molecular formula is C17H19FN4O. The van der Waals surface area contributed by atoms with Gasteiger partial charge < -0.3 is 10.1 Å². The number of halogens is 1. The molecule has 3 rings (SSSR count). The molecule has 5 nitrogen and oxygen atoms in total. The molecule has 120 valence electrons. The highest BCUT2D eigenvalue weighted by atomic mass is 19.1. The first-order chi connectivity index (χ1) is 11.2. The zero-order valence-corrected chi connectivity index (χ0v) is 13.0. The van der Waals surface area contributed by atoms with Crippen LogP contribution >= 0.6 is 0 Å². The average molecular weight is 314 g/mol. The summed E-state index contributed by atoms with van der Waals surface area (Å²) in [5, 5.41) is 16.8. The van der Waals surface area contributed by atoms with E-state index in [4.69, 9.17) is 4.74 Å². The number of rotatable bonds is 4. The van der Waals surface area contributed by atoms with Crippen molar-refractivity contribution in [1.29, 1.82) is 5.26 Å². The molecule has 1 aliphatic heterocycles. The van der Waals surface area contributed by atoms with Crippen molar-refractivity contribution in [2.24, 2.45) is 0 Å². The summed E-state index contributed by atoms with van der Waals surface area (Å²) in [5.74, 6) is -0.409. The van der Waals surface area contributed by atoms with E-state index in [1.807, 2.05) is 30.1 Å². The third-order valence-corrected chi connectivity index (χ3v) is 4.07. The number of aromatic nitrogens is 2. The number of ether oxygens (including phenoxy) is 1. The molecule has 0 bridgehead atoms. The molecule has 1 aromatic carbocycles. The zero-order chi connectivity index (χ0) is 16.2. The predicted octanol–water partition coefficient (Wildman–Crippen LogP) is 3.25. The van der Waals surface area contributed by atoms with Gasteiger partial charge in [-0.05, 0) is 38.0 Å². The second-order valence-electron chi connectivity index (χ2n) is 5.62. The fourth-order valence-corrected chi connectivity index (χ4v) is 2.89. The fourth-order valence-electron chi connectivity index (χ4n) is 2.89. The molecule has 1 aromatic heterocycles. The number of hydrogen-bond donors (Lipinski definition) is 1. The molecule has 2 heterocycles. The molecule has 0 aliphatic carbocycles. The van der Waals surface area contributed by atoms with Gasteiger partial charge in [-0.2, -0.15) is 10.4 Å². The molecule has 23 heavy (non-hydrogen) atoms. The van der Waals surface area contributed by atoms with Crippen LogP contribution in [-0.4, -0.2) is 22.4 Å². The third-order valence-electron chi connectivity index (χ3n) is 4.07. The molecule has 0 saturated carbocycles. The maximum absolute atomic E-state index is 13.3. The first kappa shape index (κ1) is 15.5. The van der Waals surface area contributed by atoms with Crippen molar-refractivity contribution in [3.8, 4) is 6.07 Å². The van der Waals surface area contributed by atoms with E-state index in [0.717, 1.165) is 24.9 Å². The second kappa shape index (κ2) is 6.80. The van der Waals surface area contributed by atoms with Gasteiger partial charge in [0.15, 0.2) is 0 Å². The number of nitrogens with zero attached hydrogens (tertiary/aromatic N) is 3. The minimum absolute atomic E-state index is 0.0239. The Kier molecular flexibility index (Phi) is 4.58. The number of nitriles is 1. The molecule has 2 atom stereocenters. The standard InChI is InChI=1S/C17H19FN4O/c1-2-22-11-13(10-20-22)17-16(4-3-7-23-17)21-15-6-5-14(18)8-12(15)9-19/h5-6,8,10-11,16-17,21H,2-4,7H2,1H3/t16-,17+/m0/s1. The summed E-state index contributed by atoms with van der Waals surface area (Å²) in [6, 6.07) is 6.27. The normalized spacial score (nSPS) is 20.9. The van der Waals surface area contributed by atoms with E-state index in [-0.39, 0.29) is 12.1 Å². The Bertz CT molecular complexity index is 722. The van der Waals surface area contributed by atoms with Crippen LogP contribution in [0.15, 0.2) is 30.6 Å². The van der Waals surface area contributed by atoms with Crippen LogP contribution in [-0.2, 0) is 11.3 Å². The van der Waals surface area contributed by atoms with Gasteiger partial charge in [-0.15, -0.1) is 0 Å². The van der Waals surface area contributed by atoms with E-state index in [1.165, 1.54) is 12.1 Å². The lowest BCUT2D eigenvalue weighted by molar-refractivity contribution is 0.00559. The lowest BCUT2D eigenvalue weighted by atomic mass is 9.97. The summed E-state index contributed by atoms with van der Waals surface area (Å²) >= 11 is 0. The topological polar surface area (TPSA) is 62.9 Å². The summed E-state index contributed by atoms with van der Waals surface area (Å²) in [7, 11) is 0. The Morgan fingerprint density at radius 1 is 1.52 bits per heavy atom. The van der Waals surface area contributed by atoms with Crippen molar-refractivity contribution in [2.45, 2.75) is 38.5 Å². The van der Waals surface area contributed by atoms with E-state index in [1.54, 1.807) is 6.07 Å². The highest BCUT2D eigenvalue weighted by Gasteiger charge is 2.29. The maximum atomic E-state index is 13.3. The average Bonchev–Trinajstić information content (AvgIpc) is 3.06. The minimum Gasteiger partial charge on any atom is -0.378 e. The highest BCUT2D eigenvalue weighted by Crippen LogP contribution is 2.31. The van der Waals surface area contributed by atoms with Crippen LogP contribution < -0.4 is 5.32 Å². The number of benzene rings is 1. The Hall–Kier alpha value is -2.39. The minimum atomic E-state index is -0.409. The Labute approximate surface area is 134 Å². The van der Waals surface area contributed by atoms with Crippen LogP contribution in [0.25, 0.3) is 0 Å².